The summed E-state index contributed by atoms with van der Waals surface area (Å²) in [5.74, 6) is 1.59. The van der Waals surface area contributed by atoms with Crippen molar-refractivity contribution in [3.05, 3.63) is 47.2 Å². The summed E-state index contributed by atoms with van der Waals surface area (Å²) in [6, 6.07) is 3.46. The average Bonchev–Trinajstić information content (AvgIpc) is 2.96. The third-order valence-electron chi connectivity index (χ3n) is 3.78. The van der Waals surface area contributed by atoms with Crippen LogP contribution in [0.5, 0.6) is 5.88 Å². The van der Waals surface area contributed by atoms with Gasteiger partial charge in [0, 0.05) is 30.9 Å². The highest BCUT2D eigenvalue weighted by atomic mass is 16.5. The molecular formula is C17H20N4O2. The van der Waals surface area contributed by atoms with Gasteiger partial charge in [0.1, 0.15) is 11.4 Å². The van der Waals surface area contributed by atoms with Gasteiger partial charge in [-0.25, -0.2) is 15.0 Å². The highest BCUT2D eigenvalue weighted by Crippen LogP contribution is 2.25. The number of hydrogen-bond acceptors (Lipinski definition) is 5. The van der Waals surface area contributed by atoms with Gasteiger partial charge < -0.3 is 9.64 Å². The Kier molecular flexibility index (Phi) is 4.23. The van der Waals surface area contributed by atoms with Crippen LogP contribution in [0.2, 0.25) is 0 Å². The Morgan fingerprint density at radius 1 is 1.35 bits per heavy atom. The molecule has 0 aliphatic carbocycles. The van der Waals surface area contributed by atoms with Crippen molar-refractivity contribution in [1.29, 1.82) is 0 Å². The molecule has 1 amide bonds. The third kappa shape index (κ3) is 3.16. The summed E-state index contributed by atoms with van der Waals surface area (Å²) in [5.41, 5.74) is 2.42. The number of carbonyl (C=O) groups is 1. The monoisotopic (exact) mass is 312 g/mol. The van der Waals surface area contributed by atoms with Gasteiger partial charge in [0.15, 0.2) is 0 Å². The van der Waals surface area contributed by atoms with Crippen LogP contribution >= 0.6 is 0 Å². The number of fused-ring (bicyclic) bond motifs is 1. The second-order valence-corrected chi connectivity index (χ2v) is 6.08. The molecule has 0 atom stereocenters. The number of nitrogens with zero attached hydrogens (tertiary/aromatic N) is 4. The molecule has 3 rings (SSSR count). The van der Waals surface area contributed by atoms with E-state index in [0.29, 0.717) is 30.5 Å². The SMILES string of the molecule is COc1ncccc1C(=O)N1Cc2cnc(CC(C)C)nc2C1. The molecule has 0 radical (unpaired) electrons. The van der Waals surface area contributed by atoms with E-state index in [1.165, 1.54) is 7.11 Å². The Hall–Kier alpha value is -2.50. The molecule has 0 saturated carbocycles. The predicted octanol–water partition coefficient (Wildman–Crippen LogP) is 2.23. The van der Waals surface area contributed by atoms with Crippen molar-refractivity contribution in [1.82, 2.24) is 19.9 Å². The highest BCUT2D eigenvalue weighted by molar-refractivity contribution is 5.96. The summed E-state index contributed by atoms with van der Waals surface area (Å²) in [6.07, 6.45) is 4.30. The summed E-state index contributed by atoms with van der Waals surface area (Å²) >= 11 is 0. The van der Waals surface area contributed by atoms with Crippen molar-refractivity contribution in [2.45, 2.75) is 33.4 Å². The molecule has 6 heteroatoms. The summed E-state index contributed by atoms with van der Waals surface area (Å²) < 4.78 is 5.18. The first-order valence-electron chi connectivity index (χ1n) is 7.70. The molecule has 0 saturated heterocycles. The molecule has 2 aromatic heterocycles. The van der Waals surface area contributed by atoms with Gasteiger partial charge in [-0.1, -0.05) is 13.8 Å². The molecule has 2 aromatic rings. The van der Waals surface area contributed by atoms with E-state index in [9.17, 15) is 4.79 Å². The number of rotatable bonds is 4. The van der Waals surface area contributed by atoms with Gasteiger partial charge in [-0.2, -0.15) is 0 Å². The van der Waals surface area contributed by atoms with Crippen LogP contribution in [0.1, 0.15) is 41.3 Å². The fourth-order valence-corrected chi connectivity index (χ4v) is 2.69. The normalized spacial score (nSPS) is 13.3. The van der Waals surface area contributed by atoms with E-state index in [4.69, 9.17) is 4.74 Å². The van der Waals surface area contributed by atoms with E-state index in [2.05, 4.69) is 28.8 Å². The summed E-state index contributed by atoms with van der Waals surface area (Å²) in [6.45, 7) is 5.30. The number of pyridine rings is 1. The third-order valence-corrected chi connectivity index (χ3v) is 3.78. The van der Waals surface area contributed by atoms with Gasteiger partial charge in [0.05, 0.1) is 19.3 Å². The number of hydrogen-bond donors (Lipinski definition) is 0. The van der Waals surface area contributed by atoms with Crippen molar-refractivity contribution in [3.8, 4) is 5.88 Å². The first kappa shape index (κ1) is 15.4. The van der Waals surface area contributed by atoms with Gasteiger partial charge >= 0.3 is 0 Å². The van der Waals surface area contributed by atoms with Crippen molar-refractivity contribution >= 4 is 5.91 Å². The molecule has 120 valence electrons. The predicted molar refractivity (Wildman–Crippen MR) is 84.9 cm³/mol. The van der Waals surface area contributed by atoms with E-state index >= 15 is 0 Å². The molecule has 1 aliphatic heterocycles. The minimum Gasteiger partial charge on any atom is -0.480 e. The molecule has 3 heterocycles. The first-order valence-corrected chi connectivity index (χ1v) is 7.70. The van der Waals surface area contributed by atoms with Crippen molar-refractivity contribution in [2.75, 3.05) is 7.11 Å². The quantitative estimate of drug-likeness (QED) is 0.866. The molecule has 0 spiro atoms. The van der Waals surface area contributed by atoms with Crippen LogP contribution in [-0.4, -0.2) is 32.9 Å². The number of carbonyl (C=O) groups excluding carboxylic acids is 1. The van der Waals surface area contributed by atoms with Gasteiger partial charge in [-0.15, -0.1) is 0 Å². The highest BCUT2D eigenvalue weighted by Gasteiger charge is 2.28. The number of aromatic nitrogens is 3. The lowest BCUT2D eigenvalue weighted by Crippen LogP contribution is -2.26. The number of methoxy groups -OCH3 is 1. The molecule has 0 N–H and O–H groups in total. The topological polar surface area (TPSA) is 68.2 Å². The lowest BCUT2D eigenvalue weighted by atomic mass is 10.1. The lowest BCUT2D eigenvalue weighted by molar-refractivity contribution is 0.0746. The zero-order valence-corrected chi connectivity index (χ0v) is 13.6. The lowest BCUT2D eigenvalue weighted by Gasteiger charge is -2.16. The second-order valence-electron chi connectivity index (χ2n) is 6.08. The molecule has 0 unspecified atom stereocenters. The Morgan fingerprint density at radius 3 is 2.91 bits per heavy atom. The van der Waals surface area contributed by atoms with Crippen LogP contribution in [0.15, 0.2) is 24.5 Å². The average molecular weight is 312 g/mol. The summed E-state index contributed by atoms with van der Waals surface area (Å²) in [7, 11) is 1.52. The van der Waals surface area contributed by atoms with Crippen LogP contribution in [0.4, 0.5) is 0 Å². The molecule has 23 heavy (non-hydrogen) atoms. The summed E-state index contributed by atoms with van der Waals surface area (Å²) in [5, 5.41) is 0. The second kappa shape index (κ2) is 6.32. The standard InChI is InChI=1S/C17H20N4O2/c1-11(2)7-15-19-8-12-9-21(10-14(12)20-15)17(22)13-5-4-6-18-16(13)23-3/h4-6,8,11H,7,9-10H2,1-3H3. The Morgan fingerprint density at radius 2 is 2.17 bits per heavy atom. The molecule has 1 aliphatic rings. The minimum absolute atomic E-state index is 0.0987. The first-order chi connectivity index (χ1) is 11.1. The fourth-order valence-electron chi connectivity index (χ4n) is 2.69. The van der Waals surface area contributed by atoms with Crippen molar-refractivity contribution in [2.24, 2.45) is 5.92 Å². The maximum atomic E-state index is 12.7. The maximum Gasteiger partial charge on any atom is 0.260 e. The van der Waals surface area contributed by atoms with Crippen molar-refractivity contribution in [3.63, 3.8) is 0 Å². The van der Waals surface area contributed by atoms with Crippen LogP contribution in [0.25, 0.3) is 0 Å². The smallest absolute Gasteiger partial charge is 0.260 e. The number of ether oxygens (including phenoxy) is 1. The largest absolute Gasteiger partial charge is 0.480 e. The minimum atomic E-state index is -0.0987. The van der Waals surface area contributed by atoms with Gasteiger partial charge in [0.25, 0.3) is 5.91 Å². The van der Waals surface area contributed by atoms with Crippen molar-refractivity contribution < 1.29 is 9.53 Å². The van der Waals surface area contributed by atoms with Crippen LogP contribution in [0, 0.1) is 5.92 Å². The van der Waals surface area contributed by atoms with Crippen LogP contribution in [0.3, 0.4) is 0 Å². The van der Waals surface area contributed by atoms with Crippen LogP contribution < -0.4 is 4.74 Å². The van der Waals surface area contributed by atoms with Gasteiger partial charge in [-0.05, 0) is 18.1 Å². The van der Waals surface area contributed by atoms with E-state index in [1.54, 1.807) is 23.2 Å². The fraction of sp³-hybridized carbons (Fsp3) is 0.412. The molecular weight excluding hydrogens is 292 g/mol. The molecule has 6 nitrogen and oxygen atoms in total. The van der Waals surface area contributed by atoms with Gasteiger partial charge in [0.2, 0.25) is 5.88 Å². The summed E-state index contributed by atoms with van der Waals surface area (Å²) in [4.78, 5) is 27.6. The molecule has 0 fully saturated rings. The zero-order valence-electron chi connectivity index (χ0n) is 13.6. The maximum absolute atomic E-state index is 12.7. The van der Waals surface area contributed by atoms with Gasteiger partial charge in [-0.3, -0.25) is 4.79 Å². The Labute approximate surface area is 135 Å². The van der Waals surface area contributed by atoms with E-state index in [-0.39, 0.29) is 5.91 Å². The van der Waals surface area contributed by atoms with Crippen LogP contribution in [-0.2, 0) is 19.5 Å². The molecule has 0 aromatic carbocycles. The van der Waals surface area contributed by atoms with E-state index in [1.807, 2.05) is 6.20 Å². The van der Waals surface area contributed by atoms with E-state index in [0.717, 1.165) is 23.5 Å². The van der Waals surface area contributed by atoms with E-state index < -0.39 is 0 Å². The molecule has 0 bridgehead atoms. The number of amides is 1. The Bertz CT molecular complexity index is 730. The Balaban J connectivity index is 1.80. The zero-order chi connectivity index (χ0) is 16.4.